The quantitative estimate of drug-likeness (QED) is 0.503. The van der Waals surface area contributed by atoms with E-state index in [0.29, 0.717) is 19.5 Å². The van der Waals surface area contributed by atoms with Gasteiger partial charge in [-0.2, -0.15) is 0 Å². The van der Waals surface area contributed by atoms with E-state index in [1.54, 1.807) is 0 Å². The summed E-state index contributed by atoms with van der Waals surface area (Å²) in [7, 11) is 0. The highest BCUT2D eigenvalue weighted by molar-refractivity contribution is 5.81. The van der Waals surface area contributed by atoms with E-state index in [4.69, 9.17) is 0 Å². The van der Waals surface area contributed by atoms with E-state index in [1.807, 2.05) is 6.92 Å². The van der Waals surface area contributed by atoms with Crippen molar-refractivity contribution in [2.24, 2.45) is 11.2 Å². The van der Waals surface area contributed by atoms with Crippen LogP contribution >= 0.6 is 0 Å². The smallest absolute Gasteiger partial charge is 0.139 e. The Kier molecular flexibility index (Phi) is 1.99. The topological polar surface area (TPSA) is 49.7 Å². The highest BCUT2D eigenvalue weighted by atomic mass is 16.3. The van der Waals surface area contributed by atoms with Crippen LogP contribution in [0.15, 0.2) is 5.29 Å². The van der Waals surface area contributed by atoms with Crippen LogP contribution in [-0.4, -0.2) is 23.9 Å². The number of nitroso groups, excluding NO2 is 1. The molecule has 1 atom stereocenters. The molecular formula is C6H10N2O2. The molecule has 1 aliphatic rings. The molecule has 1 saturated heterocycles. The molecule has 0 aromatic carbocycles. The van der Waals surface area contributed by atoms with Gasteiger partial charge in [-0.05, 0) is 0 Å². The third-order valence-electron chi connectivity index (χ3n) is 1.77. The van der Waals surface area contributed by atoms with Crippen molar-refractivity contribution >= 4 is 5.78 Å². The maximum absolute atomic E-state index is 10.9. The Labute approximate surface area is 59.1 Å². The molecule has 0 spiro atoms. The summed E-state index contributed by atoms with van der Waals surface area (Å²) in [4.78, 5) is 20.9. The Morgan fingerprint density at radius 2 is 2.40 bits per heavy atom. The van der Waals surface area contributed by atoms with Crippen molar-refractivity contribution in [2.75, 3.05) is 13.1 Å². The summed E-state index contributed by atoms with van der Waals surface area (Å²) in [6, 6.07) is 0. The summed E-state index contributed by atoms with van der Waals surface area (Å²) >= 11 is 0. The van der Waals surface area contributed by atoms with Gasteiger partial charge < -0.3 is 0 Å². The molecule has 0 radical (unpaired) electrons. The number of ketones is 1. The van der Waals surface area contributed by atoms with Crippen LogP contribution in [0.4, 0.5) is 0 Å². The molecule has 0 aromatic heterocycles. The fraction of sp³-hybridized carbons (Fsp3) is 0.833. The first-order chi connectivity index (χ1) is 4.74. The third kappa shape index (κ3) is 1.32. The molecule has 1 heterocycles. The second-order valence-corrected chi connectivity index (χ2v) is 2.61. The summed E-state index contributed by atoms with van der Waals surface area (Å²) in [5.74, 6) is 0.214. The number of hydrogen-bond acceptors (Lipinski definition) is 3. The minimum absolute atomic E-state index is 0.0218. The zero-order chi connectivity index (χ0) is 7.56. The highest BCUT2D eigenvalue weighted by Crippen LogP contribution is 2.11. The maximum Gasteiger partial charge on any atom is 0.139 e. The van der Waals surface area contributed by atoms with Crippen LogP contribution in [0.25, 0.3) is 0 Å². The number of Topliss-reactive ketones (excluding diaryl/α,β-unsaturated/α-hetero) is 1. The van der Waals surface area contributed by atoms with Gasteiger partial charge in [0.25, 0.3) is 0 Å². The molecule has 1 rings (SSSR count). The molecule has 10 heavy (non-hydrogen) atoms. The SMILES string of the molecule is CC1CN(N=O)CCC1=O. The van der Waals surface area contributed by atoms with Crippen molar-refractivity contribution in [1.82, 2.24) is 5.01 Å². The number of carbonyl (C=O) groups is 1. The molecule has 4 heteroatoms. The first-order valence-electron chi connectivity index (χ1n) is 3.35. The zero-order valence-corrected chi connectivity index (χ0v) is 5.91. The molecule has 0 amide bonds. The average molecular weight is 142 g/mol. The van der Waals surface area contributed by atoms with E-state index < -0.39 is 0 Å². The highest BCUT2D eigenvalue weighted by Gasteiger charge is 2.22. The second kappa shape index (κ2) is 2.77. The Morgan fingerprint density at radius 1 is 1.70 bits per heavy atom. The summed E-state index contributed by atoms with van der Waals surface area (Å²) in [6.07, 6.45) is 0.465. The lowest BCUT2D eigenvalue weighted by atomic mass is 10.0. The molecule has 56 valence electrons. The van der Waals surface area contributed by atoms with Gasteiger partial charge in [-0.1, -0.05) is 6.92 Å². The number of nitrogens with zero attached hydrogens (tertiary/aromatic N) is 2. The van der Waals surface area contributed by atoms with Crippen LogP contribution in [0.5, 0.6) is 0 Å². The zero-order valence-electron chi connectivity index (χ0n) is 5.91. The molecule has 0 N–H and O–H groups in total. The van der Waals surface area contributed by atoms with Crippen LogP contribution in [-0.2, 0) is 4.79 Å². The van der Waals surface area contributed by atoms with E-state index >= 15 is 0 Å². The lowest BCUT2D eigenvalue weighted by molar-refractivity contribution is -0.125. The predicted octanol–water partition coefficient (Wildman–Crippen LogP) is 0.579. The van der Waals surface area contributed by atoms with Gasteiger partial charge >= 0.3 is 0 Å². The van der Waals surface area contributed by atoms with Gasteiger partial charge in [-0.3, -0.25) is 9.80 Å². The Morgan fingerprint density at radius 3 is 2.90 bits per heavy atom. The van der Waals surface area contributed by atoms with Crippen LogP contribution in [0.3, 0.4) is 0 Å². The normalized spacial score (nSPS) is 26.7. The van der Waals surface area contributed by atoms with E-state index in [1.165, 1.54) is 5.01 Å². The largest absolute Gasteiger partial charge is 0.299 e. The van der Waals surface area contributed by atoms with Gasteiger partial charge in [0.05, 0.1) is 5.29 Å². The van der Waals surface area contributed by atoms with Gasteiger partial charge in [0, 0.05) is 25.4 Å². The molecule has 0 aliphatic carbocycles. The Hall–Kier alpha value is -0.930. The van der Waals surface area contributed by atoms with E-state index in [-0.39, 0.29) is 11.7 Å². The standard InChI is InChI=1S/C6H10N2O2/c1-5-4-8(7-10)3-2-6(5)9/h5H,2-4H2,1H3. The van der Waals surface area contributed by atoms with Crippen molar-refractivity contribution < 1.29 is 4.79 Å². The van der Waals surface area contributed by atoms with Gasteiger partial charge in [-0.15, -0.1) is 4.91 Å². The van der Waals surface area contributed by atoms with Gasteiger partial charge in [0.15, 0.2) is 0 Å². The monoisotopic (exact) mass is 142 g/mol. The average Bonchev–Trinajstić information content (AvgIpc) is 1.95. The summed E-state index contributed by atoms with van der Waals surface area (Å²) in [5.41, 5.74) is 0. The number of carbonyl (C=O) groups excluding carboxylic acids is 1. The van der Waals surface area contributed by atoms with E-state index in [9.17, 15) is 9.70 Å². The Balaban J connectivity index is 2.48. The molecule has 1 fully saturated rings. The summed E-state index contributed by atoms with van der Waals surface area (Å²) in [6.45, 7) is 2.80. The number of piperidine rings is 1. The van der Waals surface area contributed by atoms with E-state index in [0.717, 1.165) is 0 Å². The van der Waals surface area contributed by atoms with E-state index in [2.05, 4.69) is 5.29 Å². The lowest BCUT2D eigenvalue weighted by Gasteiger charge is -2.24. The van der Waals surface area contributed by atoms with Gasteiger partial charge in [-0.25, -0.2) is 0 Å². The van der Waals surface area contributed by atoms with Crippen LogP contribution in [0.2, 0.25) is 0 Å². The van der Waals surface area contributed by atoms with Crippen LogP contribution in [0.1, 0.15) is 13.3 Å². The predicted molar refractivity (Wildman–Crippen MR) is 36.2 cm³/mol. The van der Waals surface area contributed by atoms with Crippen LogP contribution in [0, 0.1) is 10.8 Å². The second-order valence-electron chi connectivity index (χ2n) is 2.61. The molecule has 0 aromatic rings. The number of hydrogen-bond donors (Lipinski definition) is 0. The third-order valence-corrected chi connectivity index (χ3v) is 1.77. The van der Waals surface area contributed by atoms with Crippen molar-refractivity contribution in [3.05, 3.63) is 4.91 Å². The molecular weight excluding hydrogens is 132 g/mol. The van der Waals surface area contributed by atoms with Crippen molar-refractivity contribution in [3.63, 3.8) is 0 Å². The fourth-order valence-corrected chi connectivity index (χ4v) is 1.07. The summed E-state index contributed by atoms with van der Waals surface area (Å²) < 4.78 is 0. The van der Waals surface area contributed by atoms with Gasteiger partial charge in [0.2, 0.25) is 0 Å². The fourth-order valence-electron chi connectivity index (χ4n) is 1.07. The van der Waals surface area contributed by atoms with Crippen LogP contribution < -0.4 is 0 Å². The molecule has 0 bridgehead atoms. The molecule has 1 unspecified atom stereocenters. The molecule has 0 saturated carbocycles. The van der Waals surface area contributed by atoms with Crippen molar-refractivity contribution in [2.45, 2.75) is 13.3 Å². The van der Waals surface area contributed by atoms with Crippen molar-refractivity contribution in [3.8, 4) is 0 Å². The Bertz CT molecular complexity index is 158. The van der Waals surface area contributed by atoms with Gasteiger partial charge in [0.1, 0.15) is 5.78 Å². The molecule has 1 aliphatic heterocycles. The number of rotatable bonds is 1. The summed E-state index contributed by atoms with van der Waals surface area (Å²) in [5, 5.41) is 4.16. The first-order valence-corrected chi connectivity index (χ1v) is 3.35. The van der Waals surface area contributed by atoms with Crippen molar-refractivity contribution in [1.29, 1.82) is 0 Å². The minimum atomic E-state index is -0.0218. The maximum atomic E-state index is 10.9. The first kappa shape index (κ1) is 7.18. The molecule has 4 nitrogen and oxygen atoms in total. The minimum Gasteiger partial charge on any atom is -0.299 e. The lowest BCUT2D eigenvalue weighted by Crippen LogP contribution is -2.35.